The number of hydrogen-bond donors (Lipinski definition) is 3. The lowest BCUT2D eigenvalue weighted by Gasteiger charge is -2.14. The zero-order chi connectivity index (χ0) is 16.4. The fourth-order valence-electron chi connectivity index (χ4n) is 3.42. The fraction of sp³-hybridized carbons (Fsp3) is 0.444. The summed E-state index contributed by atoms with van der Waals surface area (Å²) in [5.41, 5.74) is 3.25. The SMILES string of the molecule is O=C(Nc1ccc(OC2CCCC2)cc1)c1n[nH]c2c1CNCC2. The molecule has 2 aliphatic rings. The Morgan fingerprint density at radius 3 is 2.79 bits per heavy atom. The standard InChI is InChI=1S/C18H22N4O2/c23-18(17-15-11-19-10-9-16(15)21-22-17)20-12-5-7-14(8-6-12)24-13-3-1-2-4-13/h5-8,13,19H,1-4,9-11H2,(H,20,23)(H,21,22). The minimum Gasteiger partial charge on any atom is -0.490 e. The molecule has 0 unspecified atom stereocenters. The van der Waals surface area contributed by atoms with E-state index < -0.39 is 0 Å². The molecule has 126 valence electrons. The summed E-state index contributed by atoms with van der Waals surface area (Å²) in [4.78, 5) is 12.5. The molecule has 1 amide bonds. The molecule has 2 heterocycles. The summed E-state index contributed by atoms with van der Waals surface area (Å²) >= 11 is 0. The third-order valence-electron chi connectivity index (χ3n) is 4.74. The molecule has 0 spiro atoms. The highest BCUT2D eigenvalue weighted by Crippen LogP contribution is 2.25. The number of nitrogens with zero attached hydrogens (tertiary/aromatic N) is 1. The topological polar surface area (TPSA) is 79.0 Å². The van der Waals surface area contributed by atoms with Gasteiger partial charge in [0, 0.05) is 36.5 Å². The average Bonchev–Trinajstić information content (AvgIpc) is 3.26. The summed E-state index contributed by atoms with van der Waals surface area (Å²) in [5, 5.41) is 13.3. The molecule has 2 aromatic rings. The molecule has 6 nitrogen and oxygen atoms in total. The van der Waals surface area contributed by atoms with Crippen LogP contribution < -0.4 is 15.4 Å². The van der Waals surface area contributed by atoms with Crippen LogP contribution in [0.2, 0.25) is 0 Å². The molecule has 1 aliphatic heterocycles. The van der Waals surface area contributed by atoms with E-state index >= 15 is 0 Å². The van der Waals surface area contributed by atoms with Gasteiger partial charge in [0.05, 0.1) is 6.10 Å². The van der Waals surface area contributed by atoms with Gasteiger partial charge in [0.1, 0.15) is 5.75 Å². The van der Waals surface area contributed by atoms with Crippen LogP contribution in [0.25, 0.3) is 0 Å². The van der Waals surface area contributed by atoms with Gasteiger partial charge in [-0.25, -0.2) is 0 Å². The molecule has 1 aliphatic carbocycles. The molecule has 1 aromatic carbocycles. The first-order valence-electron chi connectivity index (χ1n) is 8.64. The van der Waals surface area contributed by atoms with Crippen molar-refractivity contribution in [2.24, 2.45) is 0 Å². The Morgan fingerprint density at radius 1 is 1.21 bits per heavy atom. The van der Waals surface area contributed by atoms with E-state index in [-0.39, 0.29) is 5.91 Å². The highest BCUT2D eigenvalue weighted by Gasteiger charge is 2.21. The molecule has 1 aromatic heterocycles. The molecule has 1 saturated carbocycles. The lowest BCUT2D eigenvalue weighted by atomic mass is 10.1. The molecule has 3 N–H and O–H groups in total. The van der Waals surface area contributed by atoms with Crippen LogP contribution in [-0.2, 0) is 13.0 Å². The number of H-pyrrole nitrogens is 1. The summed E-state index contributed by atoms with van der Waals surface area (Å²) in [6.45, 7) is 1.60. The molecular formula is C18H22N4O2. The minimum atomic E-state index is -0.180. The maximum absolute atomic E-state index is 12.5. The van der Waals surface area contributed by atoms with Gasteiger partial charge < -0.3 is 15.4 Å². The van der Waals surface area contributed by atoms with Gasteiger partial charge in [-0.1, -0.05) is 0 Å². The van der Waals surface area contributed by atoms with Crippen LogP contribution in [0.3, 0.4) is 0 Å². The number of amides is 1. The second kappa shape index (κ2) is 6.65. The van der Waals surface area contributed by atoms with Gasteiger partial charge in [-0.3, -0.25) is 9.89 Å². The molecule has 24 heavy (non-hydrogen) atoms. The number of fused-ring (bicyclic) bond motifs is 1. The number of rotatable bonds is 4. The van der Waals surface area contributed by atoms with Crippen molar-refractivity contribution in [2.75, 3.05) is 11.9 Å². The Bertz CT molecular complexity index is 717. The van der Waals surface area contributed by atoms with E-state index in [4.69, 9.17) is 4.74 Å². The van der Waals surface area contributed by atoms with Crippen molar-refractivity contribution in [1.82, 2.24) is 15.5 Å². The normalized spacial score (nSPS) is 17.5. The monoisotopic (exact) mass is 326 g/mol. The molecule has 6 heteroatoms. The summed E-state index contributed by atoms with van der Waals surface area (Å²) in [6.07, 6.45) is 5.99. The number of ether oxygens (including phenoxy) is 1. The first-order valence-corrected chi connectivity index (χ1v) is 8.64. The Hall–Kier alpha value is -2.34. The van der Waals surface area contributed by atoms with Gasteiger partial charge in [-0.05, 0) is 49.9 Å². The lowest BCUT2D eigenvalue weighted by molar-refractivity contribution is 0.102. The van der Waals surface area contributed by atoms with Gasteiger partial charge in [0.25, 0.3) is 5.91 Å². The zero-order valence-corrected chi connectivity index (χ0v) is 13.6. The number of hydrogen-bond acceptors (Lipinski definition) is 4. The van der Waals surface area contributed by atoms with Crippen molar-refractivity contribution in [3.8, 4) is 5.75 Å². The first kappa shape index (κ1) is 15.2. The number of carbonyl (C=O) groups is 1. The van der Waals surface area contributed by atoms with Crippen LogP contribution in [0.5, 0.6) is 5.75 Å². The van der Waals surface area contributed by atoms with E-state index in [9.17, 15) is 4.79 Å². The van der Waals surface area contributed by atoms with Crippen LogP contribution in [-0.4, -0.2) is 28.8 Å². The Kier molecular flexibility index (Phi) is 4.21. The van der Waals surface area contributed by atoms with Crippen LogP contribution in [0, 0.1) is 0 Å². The zero-order valence-electron chi connectivity index (χ0n) is 13.6. The lowest BCUT2D eigenvalue weighted by Crippen LogP contribution is -2.25. The van der Waals surface area contributed by atoms with Gasteiger partial charge in [0.15, 0.2) is 5.69 Å². The summed E-state index contributed by atoms with van der Waals surface area (Å²) in [5.74, 6) is 0.682. The summed E-state index contributed by atoms with van der Waals surface area (Å²) < 4.78 is 5.94. The highest BCUT2D eigenvalue weighted by molar-refractivity contribution is 6.04. The van der Waals surface area contributed by atoms with Crippen molar-refractivity contribution in [3.05, 3.63) is 41.2 Å². The number of aromatic amines is 1. The molecule has 0 bridgehead atoms. The van der Waals surface area contributed by atoms with E-state index in [1.54, 1.807) is 0 Å². The molecule has 1 fully saturated rings. The van der Waals surface area contributed by atoms with E-state index in [1.165, 1.54) is 12.8 Å². The minimum absolute atomic E-state index is 0.180. The van der Waals surface area contributed by atoms with Crippen molar-refractivity contribution in [3.63, 3.8) is 0 Å². The number of carbonyl (C=O) groups excluding carboxylic acids is 1. The molecule has 0 atom stereocenters. The summed E-state index contributed by atoms with van der Waals surface area (Å²) in [7, 11) is 0. The van der Waals surface area contributed by atoms with E-state index in [0.717, 1.165) is 48.5 Å². The van der Waals surface area contributed by atoms with Crippen LogP contribution in [0.4, 0.5) is 5.69 Å². The highest BCUT2D eigenvalue weighted by atomic mass is 16.5. The van der Waals surface area contributed by atoms with Crippen molar-refractivity contribution in [1.29, 1.82) is 0 Å². The Balaban J connectivity index is 1.41. The fourth-order valence-corrected chi connectivity index (χ4v) is 3.42. The Labute approximate surface area is 141 Å². The molecular weight excluding hydrogens is 304 g/mol. The van der Waals surface area contributed by atoms with Gasteiger partial charge >= 0.3 is 0 Å². The van der Waals surface area contributed by atoms with Crippen LogP contribution >= 0.6 is 0 Å². The van der Waals surface area contributed by atoms with Gasteiger partial charge in [-0.2, -0.15) is 5.10 Å². The Morgan fingerprint density at radius 2 is 2.00 bits per heavy atom. The number of aromatic nitrogens is 2. The average molecular weight is 326 g/mol. The number of benzene rings is 1. The predicted octanol–water partition coefficient (Wildman–Crippen LogP) is 2.63. The van der Waals surface area contributed by atoms with Crippen LogP contribution in [0.15, 0.2) is 24.3 Å². The second-order valence-electron chi connectivity index (χ2n) is 6.46. The van der Waals surface area contributed by atoms with Crippen molar-refractivity contribution < 1.29 is 9.53 Å². The van der Waals surface area contributed by atoms with E-state index in [2.05, 4.69) is 20.8 Å². The van der Waals surface area contributed by atoms with Crippen LogP contribution in [0.1, 0.15) is 47.4 Å². The van der Waals surface area contributed by atoms with Crippen molar-refractivity contribution >= 4 is 11.6 Å². The largest absolute Gasteiger partial charge is 0.490 e. The van der Waals surface area contributed by atoms with E-state index in [1.807, 2.05) is 24.3 Å². The van der Waals surface area contributed by atoms with E-state index in [0.29, 0.717) is 18.3 Å². The predicted molar refractivity (Wildman–Crippen MR) is 91.3 cm³/mol. The maximum Gasteiger partial charge on any atom is 0.276 e. The quantitative estimate of drug-likeness (QED) is 0.807. The first-order chi connectivity index (χ1) is 11.8. The second-order valence-corrected chi connectivity index (χ2v) is 6.46. The third kappa shape index (κ3) is 3.14. The van der Waals surface area contributed by atoms with Crippen molar-refractivity contribution in [2.45, 2.75) is 44.8 Å². The molecule has 0 radical (unpaired) electrons. The number of anilines is 1. The molecule has 4 rings (SSSR count). The van der Waals surface area contributed by atoms with Gasteiger partial charge in [0.2, 0.25) is 0 Å². The maximum atomic E-state index is 12.5. The molecule has 0 saturated heterocycles. The summed E-state index contributed by atoms with van der Waals surface area (Å²) in [6, 6.07) is 7.57. The third-order valence-corrected chi connectivity index (χ3v) is 4.74. The number of nitrogens with one attached hydrogen (secondary N) is 3. The van der Waals surface area contributed by atoms with Gasteiger partial charge in [-0.15, -0.1) is 0 Å². The smallest absolute Gasteiger partial charge is 0.276 e.